The van der Waals surface area contributed by atoms with Crippen molar-refractivity contribution in [1.82, 2.24) is 15.0 Å². The van der Waals surface area contributed by atoms with Crippen LogP contribution in [0.5, 0.6) is 0 Å². The van der Waals surface area contributed by atoms with Crippen molar-refractivity contribution in [2.45, 2.75) is 13.3 Å². The molecule has 20 heavy (non-hydrogen) atoms. The Balaban J connectivity index is 1.68. The molecule has 2 N–H and O–H groups in total. The monoisotopic (exact) mass is 286 g/mol. The number of H-pyrrole nitrogens is 1. The first-order chi connectivity index (χ1) is 9.72. The fourth-order valence-electron chi connectivity index (χ4n) is 2.29. The number of para-hydroxylation sites is 1. The number of aromatic nitrogens is 3. The SMILES string of the molecule is Cc1cc(NCCc2c[nH]c3ccccc23)nc(Cl)n1. The van der Waals surface area contributed by atoms with Crippen molar-refractivity contribution in [3.05, 3.63) is 53.1 Å². The van der Waals surface area contributed by atoms with Gasteiger partial charge in [-0.2, -0.15) is 0 Å². The number of nitrogens with one attached hydrogen (secondary N) is 2. The number of benzene rings is 1. The zero-order valence-electron chi connectivity index (χ0n) is 11.2. The van der Waals surface area contributed by atoms with E-state index < -0.39 is 0 Å². The molecule has 0 aliphatic heterocycles. The smallest absolute Gasteiger partial charge is 0.224 e. The van der Waals surface area contributed by atoms with Crippen molar-refractivity contribution in [1.29, 1.82) is 0 Å². The highest BCUT2D eigenvalue weighted by Gasteiger charge is 2.03. The number of fused-ring (bicyclic) bond motifs is 1. The van der Waals surface area contributed by atoms with Gasteiger partial charge in [0.25, 0.3) is 0 Å². The zero-order valence-corrected chi connectivity index (χ0v) is 11.9. The Morgan fingerprint density at radius 2 is 2.10 bits per heavy atom. The highest BCUT2D eigenvalue weighted by molar-refractivity contribution is 6.28. The summed E-state index contributed by atoms with van der Waals surface area (Å²) in [6, 6.07) is 10.2. The van der Waals surface area contributed by atoms with Gasteiger partial charge in [-0.3, -0.25) is 0 Å². The molecule has 2 aromatic heterocycles. The van der Waals surface area contributed by atoms with E-state index >= 15 is 0 Å². The molecule has 4 nitrogen and oxygen atoms in total. The Bertz CT molecular complexity index is 715. The molecule has 1 aromatic carbocycles. The number of halogens is 1. The van der Waals surface area contributed by atoms with Gasteiger partial charge in [0.05, 0.1) is 0 Å². The minimum absolute atomic E-state index is 0.277. The summed E-state index contributed by atoms with van der Waals surface area (Å²) in [5.74, 6) is 0.766. The lowest BCUT2D eigenvalue weighted by Gasteiger charge is -2.06. The van der Waals surface area contributed by atoms with Gasteiger partial charge in [-0.15, -0.1) is 0 Å². The van der Waals surface area contributed by atoms with Crippen molar-refractivity contribution < 1.29 is 0 Å². The largest absolute Gasteiger partial charge is 0.370 e. The molecule has 0 amide bonds. The number of anilines is 1. The molecule has 2 heterocycles. The van der Waals surface area contributed by atoms with Gasteiger partial charge in [-0.1, -0.05) is 18.2 Å². The lowest BCUT2D eigenvalue weighted by atomic mass is 10.1. The van der Waals surface area contributed by atoms with Crippen LogP contribution in [-0.4, -0.2) is 21.5 Å². The standard InChI is InChI=1S/C15H15ClN4/c1-10-8-14(20-15(16)19-10)17-7-6-11-9-18-13-5-3-2-4-12(11)13/h2-5,8-9,18H,6-7H2,1H3,(H,17,19,20). The number of hydrogen-bond donors (Lipinski definition) is 2. The van der Waals surface area contributed by atoms with Crippen LogP contribution >= 0.6 is 11.6 Å². The van der Waals surface area contributed by atoms with Crippen molar-refractivity contribution in [2.24, 2.45) is 0 Å². The van der Waals surface area contributed by atoms with Gasteiger partial charge >= 0.3 is 0 Å². The summed E-state index contributed by atoms with van der Waals surface area (Å²) < 4.78 is 0. The maximum absolute atomic E-state index is 5.84. The zero-order chi connectivity index (χ0) is 13.9. The molecule has 0 radical (unpaired) electrons. The lowest BCUT2D eigenvalue weighted by Crippen LogP contribution is -2.07. The number of rotatable bonds is 4. The number of aromatic amines is 1. The molecule has 0 unspecified atom stereocenters. The van der Waals surface area contributed by atoms with E-state index in [1.54, 1.807) is 0 Å². The third kappa shape index (κ3) is 2.75. The number of aryl methyl sites for hydroxylation is 1. The number of hydrogen-bond acceptors (Lipinski definition) is 3. The number of nitrogens with zero attached hydrogens (tertiary/aromatic N) is 2. The molecular formula is C15H15ClN4. The van der Waals surface area contributed by atoms with E-state index in [2.05, 4.69) is 44.7 Å². The first kappa shape index (κ1) is 12.9. The van der Waals surface area contributed by atoms with Crippen molar-refractivity contribution in [3.63, 3.8) is 0 Å². The van der Waals surface area contributed by atoms with Gasteiger partial charge in [0, 0.05) is 35.4 Å². The summed E-state index contributed by atoms with van der Waals surface area (Å²) in [5, 5.41) is 4.83. The Labute approximate surface area is 122 Å². The quantitative estimate of drug-likeness (QED) is 0.721. The van der Waals surface area contributed by atoms with Crippen molar-refractivity contribution in [2.75, 3.05) is 11.9 Å². The highest BCUT2D eigenvalue weighted by atomic mass is 35.5. The normalized spacial score (nSPS) is 10.9. The van der Waals surface area contributed by atoms with Gasteiger partial charge in [-0.05, 0) is 36.6 Å². The molecule has 0 atom stereocenters. The van der Waals surface area contributed by atoms with Crippen LogP contribution in [0.15, 0.2) is 36.5 Å². The molecule has 0 saturated heterocycles. The summed E-state index contributed by atoms with van der Waals surface area (Å²) in [7, 11) is 0. The van der Waals surface area contributed by atoms with Crippen molar-refractivity contribution in [3.8, 4) is 0 Å². The maximum Gasteiger partial charge on any atom is 0.224 e. The van der Waals surface area contributed by atoms with Gasteiger partial charge in [0.15, 0.2) is 0 Å². The summed E-state index contributed by atoms with van der Waals surface area (Å²) in [6.07, 6.45) is 2.98. The van der Waals surface area contributed by atoms with Gasteiger partial charge < -0.3 is 10.3 Å². The molecule has 3 rings (SSSR count). The predicted octanol–water partition coefficient (Wildman–Crippen LogP) is 3.57. The third-order valence-corrected chi connectivity index (χ3v) is 3.37. The van der Waals surface area contributed by atoms with Crippen LogP contribution in [0.4, 0.5) is 5.82 Å². The Hall–Kier alpha value is -2.07. The van der Waals surface area contributed by atoms with Crippen LogP contribution in [0.2, 0.25) is 5.28 Å². The van der Waals surface area contributed by atoms with E-state index in [9.17, 15) is 0 Å². The first-order valence-electron chi connectivity index (χ1n) is 6.52. The second kappa shape index (κ2) is 5.51. The van der Waals surface area contributed by atoms with Crippen LogP contribution in [0.1, 0.15) is 11.3 Å². The van der Waals surface area contributed by atoms with E-state index in [0.717, 1.165) is 24.5 Å². The fraction of sp³-hybridized carbons (Fsp3) is 0.200. The molecule has 0 aliphatic carbocycles. The summed E-state index contributed by atoms with van der Waals surface area (Å²) >= 11 is 5.84. The summed E-state index contributed by atoms with van der Waals surface area (Å²) in [6.45, 7) is 2.70. The van der Waals surface area contributed by atoms with E-state index in [4.69, 9.17) is 11.6 Å². The molecule has 5 heteroatoms. The molecule has 0 aliphatic rings. The topological polar surface area (TPSA) is 53.6 Å². The second-order valence-electron chi connectivity index (χ2n) is 4.70. The first-order valence-corrected chi connectivity index (χ1v) is 6.90. The van der Waals surface area contributed by atoms with Crippen molar-refractivity contribution >= 4 is 28.3 Å². The Morgan fingerprint density at radius 3 is 2.95 bits per heavy atom. The van der Waals surface area contributed by atoms with E-state index in [1.165, 1.54) is 16.5 Å². The van der Waals surface area contributed by atoms with Gasteiger partial charge in [0.2, 0.25) is 5.28 Å². The second-order valence-corrected chi connectivity index (χ2v) is 5.04. The van der Waals surface area contributed by atoms with E-state index in [1.807, 2.05) is 19.1 Å². The minimum Gasteiger partial charge on any atom is -0.370 e. The molecular weight excluding hydrogens is 272 g/mol. The maximum atomic E-state index is 5.84. The molecule has 102 valence electrons. The van der Waals surface area contributed by atoms with Gasteiger partial charge in [-0.25, -0.2) is 9.97 Å². The van der Waals surface area contributed by atoms with Crippen LogP contribution in [0, 0.1) is 6.92 Å². The highest BCUT2D eigenvalue weighted by Crippen LogP contribution is 2.18. The Kier molecular flexibility index (Phi) is 3.56. The lowest BCUT2D eigenvalue weighted by molar-refractivity contribution is 0.999. The van der Waals surface area contributed by atoms with Crippen LogP contribution in [-0.2, 0) is 6.42 Å². The molecule has 0 fully saturated rings. The molecule has 3 aromatic rings. The van der Waals surface area contributed by atoms with Crippen LogP contribution in [0.3, 0.4) is 0 Å². The van der Waals surface area contributed by atoms with Gasteiger partial charge in [0.1, 0.15) is 5.82 Å². The molecule has 0 spiro atoms. The third-order valence-electron chi connectivity index (χ3n) is 3.20. The predicted molar refractivity (Wildman–Crippen MR) is 82.3 cm³/mol. The van der Waals surface area contributed by atoms with E-state index in [-0.39, 0.29) is 5.28 Å². The molecule has 0 saturated carbocycles. The molecule has 0 bridgehead atoms. The van der Waals surface area contributed by atoms with E-state index in [0.29, 0.717) is 0 Å². The Morgan fingerprint density at radius 1 is 1.25 bits per heavy atom. The average molecular weight is 287 g/mol. The van der Waals surface area contributed by atoms with Crippen LogP contribution < -0.4 is 5.32 Å². The minimum atomic E-state index is 0.277. The van der Waals surface area contributed by atoms with Crippen LogP contribution in [0.25, 0.3) is 10.9 Å². The summed E-state index contributed by atoms with van der Waals surface area (Å²) in [4.78, 5) is 11.5. The average Bonchev–Trinajstić information content (AvgIpc) is 2.81. The fourth-order valence-corrected chi connectivity index (χ4v) is 2.51. The summed E-state index contributed by atoms with van der Waals surface area (Å²) in [5.41, 5.74) is 3.33.